The van der Waals surface area contributed by atoms with Crippen LogP contribution in [0.5, 0.6) is 0 Å². The van der Waals surface area contributed by atoms with Crippen molar-refractivity contribution in [3.63, 3.8) is 0 Å². The summed E-state index contributed by atoms with van der Waals surface area (Å²) in [6, 6.07) is 0.911. The van der Waals surface area contributed by atoms with Gasteiger partial charge in [-0.25, -0.2) is 0 Å². The van der Waals surface area contributed by atoms with Crippen LogP contribution < -0.4 is 5.73 Å². The Hall–Kier alpha value is -0.0800. The van der Waals surface area contributed by atoms with Gasteiger partial charge in [0.25, 0.3) is 0 Å². The molecule has 0 aromatic rings. The lowest BCUT2D eigenvalue weighted by Gasteiger charge is -2.38. The van der Waals surface area contributed by atoms with Crippen molar-refractivity contribution in [3.05, 3.63) is 0 Å². The number of nitrogens with two attached hydrogens (primary N) is 1. The van der Waals surface area contributed by atoms with Gasteiger partial charge in [0.15, 0.2) is 0 Å². The number of likely N-dealkylation sites (tertiary alicyclic amines) is 1. The second-order valence-electron chi connectivity index (χ2n) is 5.38. The van der Waals surface area contributed by atoms with Crippen molar-refractivity contribution in [1.29, 1.82) is 0 Å². The zero-order chi connectivity index (χ0) is 10.7. The van der Waals surface area contributed by atoms with Crippen molar-refractivity contribution in [2.75, 3.05) is 19.6 Å². The lowest BCUT2D eigenvalue weighted by atomic mass is 9.92. The monoisotopic (exact) mass is 210 g/mol. The summed E-state index contributed by atoms with van der Waals surface area (Å²) in [4.78, 5) is 2.76. The summed E-state index contributed by atoms with van der Waals surface area (Å²) < 4.78 is 0. The summed E-state index contributed by atoms with van der Waals surface area (Å²) in [7, 11) is 0. The summed E-state index contributed by atoms with van der Waals surface area (Å²) in [5.74, 6) is 1.79. The van der Waals surface area contributed by atoms with Crippen LogP contribution in [-0.2, 0) is 0 Å². The Morgan fingerprint density at radius 2 is 1.87 bits per heavy atom. The van der Waals surface area contributed by atoms with Crippen LogP contribution in [0.3, 0.4) is 0 Å². The molecule has 15 heavy (non-hydrogen) atoms. The minimum absolute atomic E-state index is 0.808. The highest BCUT2D eigenvalue weighted by atomic mass is 15.2. The van der Waals surface area contributed by atoms with E-state index in [-0.39, 0.29) is 0 Å². The number of hydrogen-bond donors (Lipinski definition) is 1. The maximum atomic E-state index is 5.74. The van der Waals surface area contributed by atoms with E-state index < -0.39 is 0 Å². The summed E-state index contributed by atoms with van der Waals surface area (Å²) in [5.41, 5.74) is 5.74. The molecule has 0 aromatic heterocycles. The molecule has 1 saturated heterocycles. The minimum Gasteiger partial charge on any atom is -0.330 e. The fraction of sp³-hybridized carbons (Fsp3) is 1.00. The van der Waals surface area contributed by atoms with E-state index in [0.29, 0.717) is 0 Å². The Morgan fingerprint density at radius 1 is 1.13 bits per heavy atom. The number of hydrogen-bond acceptors (Lipinski definition) is 2. The topological polar surface area (TPSA) is 29.3 Å². The van der Waals surface area contributed by atoms with E-state index in [4.69, 9.17) is 5.73 Å². The zero-order valence-corrected chi connectivity index (χ0v) is 10.1. The third-order valence-corrected chi connectivity index (χ3v) is 4.59. The molecule has 0 bridgehead atoms. The summed E-state index contributed by atoms with van der Waals surface area (Å²) in [5, 5.41) is 0. The molecule has 0 spiro atoms. The molecule has 1 saturated carbocycles. The number of nitrogens with zero attached hydrogens (tertiary/aromatic N) is 1. The average molecular weight is 210 g/mol. The first-order valence-electron chi connectivity index (χ1n) is 6.79. The second-order valence-corrected chi connectivity index (χ2v) is 5.38. The van der Waals surface area contributed by atoms with Crippen LogP contribution in [0.15, 0.2) is 0 Å². The molecule has 2 rings (SSSR count). The Balaban J connectivity index is 1.84. The van der Waals surface area contributed by atoms with Crippen LogP contribution in [0.25, 0.3) is 0 Å². The molecule has 2 heteroatoms. The second kappa shape index (κ2) is 5.31. The molecule has 2 aliphatic rings. The highest BCUT2D eigenvalue weighted by Gasteiger charge is 2.32. The van der Waals surface area contributed by atoms with Crippen molar-refractivity contribution >= 4 is 0 Å². The Kier molecular flexibility index (Phi) is 4.04. The van der Waals surface area contributed by atoms with E-state index in [9.17, 15) is 0 Å². The van der Waals surface area contributed by atoms with E-state index in [1.54, 1.807) is 0 Å². The molecule has 2 N–H and O–H groups in total. The molecule has 0 amide bonds. The molecule has 0 radical (unpaired) electrons. The highest BCUT2D eigenvalue weighted by molar-refractivity contribution is 4.87. The number of piperidine rings is 1. The molecule has 88 valence electrons. The Labute approximate surface area is 94.2 Å². The van der Waals surface area contributed by atoms with Crippen molar-refractivity contribution < 1.29 is 0 Å². The van der Waals surface area contributed by atoms with Gasteiger partial charge in [0.05, 0.1) is 0 Å². The van der Waals surface area contributed by atoms with Gasteiger partial charge >= 0.3 is 0 Å². The minimum atomic E-state index is 0.808. The van der Waals surface area contributed by atoms with Gasteiger partial charge in [0.2, 0.25) is 0 Å². The zero-order valence-electron chi connectivity index (χ0n) is 10.1. The van der Waals surface area contributed by atoms with E-state index >= 15 is 0 Å². The van der Waals surface area contributed by atoms with Crippen molar-refractivity contribution in [2.24, 2.45) is 17.6 Å². The van der Waals surface area contributed by atoms with Gasteiger partial charge in [0, 0.05) is 6.04 Å². The highest BCUT2D eigenvalue weighted by Crippen LogP contribution is 2.34. The van der Waals surface area contributed by atoms with Crippen molar-refractivity contribution in [3.8, 4) is 0 Å². The largest absolute Gasteiger partial charge is 0.330 e. The maximum absolute atomic E-state index is 5.74. The van der Waals surface area contributed by atoms with Gasteiger partial charge in [-0.1, -0.05) is 19.8 Å². The van der Waals surface area contributed by atoms with Crippen LogP contribution in [0.1, 0.15) is 45.4 Å². The van der Waals surface area contributed by atoms with E-state index in [1.165, 1.54) is 51.6 Å². The first kappa shape index (κ1) is 11.4. The van der Waals surface area contributed by atoms with E-state index in [1.807, 2.05) is 0 Å². The molecule has 1 heterocycles. The maximum Gasteiger partial charge on any atom is 0.0123 e. The number of rotatable bonds is 3. The van der Waals surface area contributed by atoms with Gasteiger partial charge in [-0.2, -0.15) is 0 Å². The van der Waals surface area contributed by atoms with Gasteiger partial charge in [0.1, 0.15) is 0 Å². The van der Waals surface area contributed by atoms with Crippen LogP contribution in [0.2, 0.25) is 0 Å². The molecule has 2 unspecified atom stereocenters. The third kappa shape index (κ3) is 2.54. The molecular formula is C13H26N2. The Morgan fingerprint density at radius 3 is 2.47 bits per heavy atom. The first-order valence-corrected chi connectivity index (χ1v) is 6.79. The molecule has 1 aliphatic heterocycles. The summed E-state index contributed by atoms with van der Waals surface area (Å²) in [6.07, 6.45) is 8.43. The van der Waals surface area contributed by atoms with Gasteiger partial charge in [-0.15, -0.1) is 0 Å². The van der Waals surface area contributed by atoms with Crippen LogP contribution in [0.4, 0.5) is 0 Å². The van der Waals surface area contributed by atoms with Gasteiger partial charge in [-0.3, -0.25) is 0 Å². The molecular weight excluding hydrogens is 184 g/mol. The normalized spacial score (nSPS) is 34.8. The lowest BCUT2D eigenvalue weighted by Crippen LogP contribution is -2.44. The smallest absolute Gasteiger partial charge is 0.0123 e. The van der Waals surface area contributed by atoms with Crippen molar-refractivity contribution in [2.45, 2.75) is 51.5 Å². The van der Waals surface area contributed by atoms with Crippen LogP contribution >= 0.6 is 0 Å². The lowest BCUT2D eigenvalue weighted by molar-refractivity contribution is 0.108. The van der Waals surface area contributed by atoms with Gasteiger partial charge in [-0.05, 0) is 57.2 Å². The summed E-state index contributed by atoms with van der Waals surface area (Å²) in [6.45, 7) is 5.87. The Bertz CT molecular complexity index is 185. The van der Waals surface area contributed by atoms with E-state index in [2.05, 4.69) is 11.8 Å². The first-order chi connectivity index (χ1) is 7.35. The molecule has 0 aromatic carbocycles. The fourth-order valence-electron chi connectivity index (χ4n) is 3.49. The molecule has 1 aliphatic carbocycles. The average Bonchev–Trinajstić information content (AvgIpc) is 2.77. The van der Waals surface area contributed by atoms with Crippen LogP contribution in [-0.4, -0.2) is 30.6 Å². The van der Waals surface area contributed by atoms with E-state index in [0.717, 1.165) is 24.4 Å². The predicted octanol–water partition coefficient (Wildman–Crippen LogP) is 2.24. The third-order valence-electron chi connectivity index (χ3n) is 4.59. The van der Waals surface area contributed by atoms with Crippen molar-refractivity contribution in [1.82, 2.24) is 4.90 Å². The molecule has 2 nitrogen and oxygen atoms in total. The fourth-order valence-corrected chi connectivity index (χ4v) is 3.49. The molecule has 2 fully saturated rings. The summed E-state index contributed by atoms with van der Waals surface area (Å²) >= 11 is 0. The van der Waals surface area contributed by atoms with Gasteiger partial charge < -0.3 is 10.6 Å². The standard InChI is InChI=1S/C13H26N2/c1-2-12-4-3-5-13(12)15-8-6-11(10-14)7-9-15/h11-13H,2-10,14H2,1H3. The van der Waals surface area contributed by atoms with Crippen LogP contribution in [0, 0.1) is 11.8 Å². The quantitative estimate of drug-likeness (QED) is 0.774. The molecule has 2 atom stereocenters. The predicted molar refractivity (Wildman–Crippen MR) is 64.8 cm³/mol. The SMILES string of the molecule is CCC1CCCC1N1CCC(CN)CC1.